The first-order chi connectivity index (χ1) is 14.6. The molecule has 5 atom stereocenters. The maximum atomic E-state index is 12.9. The quantitative estimate of drug-likeness (QED) is 0.743. The molecule has 30 heavy (non-hydrogen) atoms. The summed E-state index contributed by atoms with van der Waals surface area (Å²) in [6.45, 7) is 1.99. The molecule has 1 saturated carbocycles. The molecule has 4 heteroatoms. The van der Waals surface area contributed by atoms with Crippen molar-refractivity contribution in [2.75, 3.05) is 7.05 Å². The molecule has 0 bridgehead atoms. The van der Waals surface area contributed by atoms with Crippen molar-refractivity contribution in [3.8, 4) is 6.07 Å². The third-order valence-corrected chi connectivity index (χ3v) is 7.37. The lowest BCUT2D eigenvalue weighted by Crippen LogP contribution is -2.54. The zero-order valence-electron chi connectivity index (χ0n) is 17.3. The number of allylic oxidation sites excluding steroid dienone is 2. The summed E-state index contributed by atoms with van der Waals surface area (Å²) in [6, 6.07) is 23.3. The predicted octanol–water partition coefficient (Wildman–Crippen LogP) is 4.66. The van der Waals surface area contributed by atoms with Crippen molar-refractivity contribution in [1.29, 1.82) is 5.26 Å². The van der Waals surface area contributed by atoms with Gasteiger partial charge in [-0.05, 0) is 36.0 Å². The summed E-state index contributed by atoms with van der Waals surface area (Å²) in [5.74, 6) is 0.140. The number of Topliss-reactive ketones (excluding diaryl/α,β-unsaturated/α-hetero) is 1. The molecule has 2 aromatic carbocycles. The summed E-state index contributed by atoms with van der Waals surface area (Å²) in [7, 11) is 2.04. The van der Waals surface area contributed by atoms with E-state index in [2.05, 4.69) is 47.5 Å². The summed E-state index contributed by atoms with van der Waals surface area (Å²) in [4.78, 5) is 12.9. The van der Waals surface area contributed by atoms with Gasteiger partial charge in [0.15, 0.2) is 5.78 Å². The molecule has 150 valence electrons. The van der Waals surface area contributed by atoms with Gasteiger partial charge in [-0.2, -0.15) is 10.4 Å². The first-order valence-corrected chi connectivity index (χ1v) is 10.7. The smallest absolute Gasteiger partial charge is 0.176 e. The molecular formula is C26H25N3O. The Bertz CT molecular complexity index is 1080. The van der Waals surface area contributed by atoms with Gasteiger partial charge in [0.2, 0.25) is 0 Å². The van der Waals surface area contributed by atoms with Crippen LogP contribution in [0.15, 0.2) is 77.4 Å². The molecule has 4 nitrogen and oxygen atoms in total. The summed E-state index contributed by atoms with van der Waals surface area (Å²) < 4.78 is 0. The third-order valence-electron chi connectivity index (χ3n) is 7.37. The van der Waals surface area contributed by atoms with Gasteiger partial charge in [-0.25, -0.2) is 0 Å². The Kier molecular flexibility index (Phi) is 4.36. The van der Waals surface area contributed by atoms with E-state index in [-0.39, 0.29) is 35.2 Å². The van der Waals surface area contributed by atoms with E-state index in [1.165, 1.54) is 5.56 Å². The van der Waals surface area contributed by atoms with E-state index >= 15 is 0 Å². The molecule has 2 unspecified atom stereocenters. The van der Waals surface area contributed by atoms with E-state index in [1.54, 1.807) is 0 Å². The SMILES string of the molecule is CC1C(=O)C(C#N)=CC2(c3ccccc3)C3=NN(C)[C@@H](c4ccccc4)[C@H]3CC[C@@H]12. The van der Waals surface area contributed by atoms with Crippen LogP contribution < -0.4 is 0 Å². The zero-order valence-corrected chi connectivity index (χ0v) is 17.3. The van der Waals surface area contributed by atoms with Crippen molar-refractivity contribution in [3.63, 3.8) is 0 Å². The molecule has 1 heterocycles. The van der Waals surface area contributed by atoms with E-state index < -0.39 is 5.41 Å². The van der Waals surface area contributed by atoms with E-state index in [4.69, 9.17) is 5.10 Å². The second kappa shape index (κ2) is 6.95. The number of ketones is 1. The predicted molar refractivity (Wildman–Crippen MR) is 117 cm³/mol. The first kappa shape index (κ1) is 18.8. The summed E-state index contributed by atoms with van der Waals surface area (Å²) >= 11 is 0. The molecule has 0 saturated heterocycles. The Morgan fingerprint density at radius 3 is 2.40 bits per heavy atom. The highest BCUT2D eigenvalue weighted by Gasteiger charge is 2.58. The molecule has 5 rings (SSSR count). The number of rotatable bonds is 2. The van der Waals surface area contributed by atoms with Crippen LogP contribution in [0.25, 0.3) is 0 Å². The van der Waals surface area contributed by atoms with E-state index in [9.17, 15) is 10.1 Å². The Balaban J connectivity index is 1.73. The molecule has 0 N–H and O–H groups in total. The lowest BCUT2D eigenvalue weighted by molar-refractivity contribution is -0.121. The number of fused-ring (bicyclic) bond motifs is 3. The van der Waals surface area contributed by atoms with Crippen molar-refractivity contribution in [2.45, 2.75) is 31.2 Å². The Hall–Kier alpha value is -3.19. The average Bonchev–Trinajstić information content (AvgIpc) is 3.13. The van der Waals surface area contributed by atoms with Gasteiger partial charge >= 0.3 is 0 Å². The summed E-state index contributed by atoms with van der Waals surface area (Å²) in [5.41, 5.74) is 3.26. The molecule has 0 spiro atoms. The number of carbonyl (C=O) groups excluding carboxylic acids is 1. The highest BCUT2D eigenvalue weighted by atomic mass is 16.1. The fourth-order valence-corrected chi connectivity index (χ4v) is 6.07. The van der Waals surface area contributed by atoms with Crippen molar-refractivity contribution in [1.82, 2.24) is 5.01 Å². The average molecular weight is 396 g/mol. The lowest BCUT2D eigenvalue weighted by atomic mass is 9.51. The minimum Gasteiger partial charge on any atom is -0.293 e. The van der Waals surface area contributed by atoms with Crippen LogP contribution in [0.2, 0.25) is 0 Å². The van der Waals surface area contributed by atoms with Crippen LogP contribution in [-0.4, -0.2) is 23.6 Å². The van der Waals surface area contributed by atoms with Crippen LogP contribution in [0, 0.1) is 29.1 Å². The van der Waals surface area contributed by atoms with Crippen LogP contribution in [-0.2, 0) is 10.2 Å². The van der Waals surface area contributed by atoms with Gasteiger partial charge in [-0.15, -0.1) is 0 Å². The highest BCUT2D eigenvalue weighted by Crippen LogP contribution is 2.56. The number of hydrogen-bond acceptors (Lipinski definition) is 4. The lowest BCUT2D eigenvalue weighted by Gasteiger charge is -2.50. The fourth-order valence-electron chi connectivity index (χ4n) is 6.07. The first-order valence-electron chi connectivity index (χ1n) is 10.7. The molecule has 2 aliphatic carbocycles. The van der Waals surface area contributed by atoms with Gasteiger partial charge in [-0.3, -0.25) is 9.80 Å². The maximum absolute atomic E-state index is 12.9. The maximum Gasteiger partial charge on any atom is 0.176 e. The normalized spacial score (nSPS) is 32.6. The minimum atomic E-state index is -0.514. The molecule has 0 aromatic heterocycles. The molecule has 0 amide bonds. The Morgan fingerprint density at radius 2 is 1.73 bits per heavy atom. The second-order valence-corrected chi connectivity index (χ2v) is 8.76. The Labute approximate surface area is 177 Å². The summed E-state index contributed by atoms with van der Waals surface area (Å²) in [5, 5.41) is 17.0. The number of nitrogens with zero attached hydrogens (tertiary/aromatic N) is 3. The van der Waals surface area contributed by atoms with Gasteiger partial charge in [0.1, 0.15) is 6.07 Å². The Morgan fingerprint density at radius 1 is 1.07 bits per heavy atom. The molecular weight excluding hydrogens is 370 g/mol. The molecule has 0 radical (unpaired) electrons. The standard InChI is InChI=1S/C26H25N3O/c1-17-22-14-13-21-23(18-9-5-3-6-10-18)29(2)28-25(21)26(22,15-19(16-27)24(17)30)20-11-7-4-8-12-20/h3-12,15,17,21-23H,13-14H2,1-2H3/t17?,21-,22+,23+,26?/m1/s1. The summed E-state index contributed by atoms with van der Waals surface area (Å²) in [6.07, 6.45) is 3.88. The van der Waals surface area contributed by atoms with Gasteiger partial charge in [0.25, 0.3) is 0 Å². The van der Waals surface area contributed by atoms with Gasteiger partial charge in [0, 0.05) is 18.9 Å². The van der Waals surface area contributed by atoms with Gasteiger partial charge in [0.05, 0.1) is 22.7 Å². The topological polar surface area (TPSA) is 56.5 Å². The third kappa shape index (κ3) is 2.51. The van der Waals surface area contributed by atoms with Crippen molar-refractivity contribution in [3.05, 3.63) is 83.4 Å². The van der Waals surface area contributed by atoms with Gasteiger partial charge < -0.3 is 0 Å². The molecule has 1 aliphatic heterocycles. The van der Waals surface area contributed by atoms with Gasteiger partial charge in [-0.1, -0.05) is 67.6 Å². The largest absolute Gasteiger partial charge is 0.293 e. The van der Waals surface area contributed by atoms with Crippen LogP contribution in [0.5, 0.6) is 0 Å². The monoisotopic (exact) mass is 395 g/mol. The number of hydrazone groups is 1. The fraction of sp³-hybridized carbons (Fsp3) is 0.346. The van der Waals surface area contributed by atoms with Crippen LogP contribution in [0.1, 0.15) is 36.9 Å². The minimum absolute atomic E-state index is 0.0286. The number of benzene rings is 2. The van der Waals surface area contributed by atoms with Crippen molar-refractivity contribution < 1.29 is 4.79 Å². The van der Waals surface area contributed by atoms with Crippen molar-refractivity contribution >= 4 is 11.5 Å². The highest BCUT2D eigenvalue weighted by molar-refractivity contribution is 6.09. The number of hydrogen-bond donors (Lipinski definition) is 0. The van der Waals surface area contributed by atoms with Crippen LogP contribution in [0.4, 0.5) is 0 Å². The second-order valence-electron chi connectivity index (χ2n) is 8.76. The molecule has 3 aliphatic rings. The number of nitriles is 1. The molecule has 2 aromatic rings. The van der Waals surface area contributed by atoms with Crippen LogP contribution in [0.3, 0.4) is 0 Å². The number of carbonyl (C=O) groups is 1. The zero-order chi connectivity index (χ0) is 20.9. The molecule has 1 fully saturated rings. The van der Waals surface area contributed by atoms with E-state index in [1.807, 2.05) is 44.3 Å². The van der Waals surface area contributed by atoms with Crippen molar-refractivity contribution in [2.24, 2.45) is 22.9 Å². The van der Waals surface area contributed by atoms with E-state index in [0.717, 1.165) is 24.1 Å². The van der Waals surface area contributed by atoms with Crippen LogP contribution >= 0.6 is 0 Å². The van der Waals surface area contributed by atoms with E-state index in [0.29, 0.717) is 0 Å².